The van der Waals surface area contributed by atoms with Crippen molar-refractivity contribution in [1.82, 2.24) is 0 Å². The van der Waals surface area contributed by atoms with Gasteiger partial charge in [-0.1, -0.05) is 6.07 Å². The third-order valence-electron chi connectivity index (χ3n) is 2.50. The van der Waals surface area contributed by atoms with Crippen molar-refractivity contribution in [3.05, 3.63) is 41.5 Å². The van der Waals surface area contributed by atoms with Crippen LogP contribution in [0, 0.1) is 6.61 Å². The molecule has 0 aromatic heterocycles. The Bertz CT molecular complexity index is 367. The maximum Gasteiger partial charge on any atom is 0.416 e. The highest BCUT2D eigenvalue weighted by molar-refractivity contribution is 5.37. The second-order valence-electron chi connectivity index (χ2n) is 3.79. The largest absolute Gasteiger partial charge is 0.416 e. The van der Waals surface area contributed by atoms with Gasteiger partial charge in [-0.25, -0.2) is 0 Å². The van der Waals surface area contributed by atoms with Crippen molar-refractivity contribution in [3.8, 4) is 0 Å². The van der Waals surface area contributed by atoms with Crippen LogP contribution in [0.2, 0.25) is 0 Å². The molecule has 0 spiro atoms. The van der Waals surface area contributed by atoms with Crippen LogP contribution >= 0.6 is 0 Å². The van der Waals surface area contributed by atoms with E-state index in [-0.39, 0.29) is 11.5 Å². The first-order valence-electron chi connectivity index (χ1n) is 4.70. The van der Waals surface area contributed by atoms with Crippen molar-refractivity contribution in [2.75, 3.05) is 0 Å². The van der Waals surface area contributed by atoms with Crippen LogP contribution in [0.4, 0.5) is 13.2 Å². The number of halogens is 3. The molecule has 0 bridgehead atoms. The molecule has 1 N–H and O–H groups in total. The van der Waals surface area contributed by atoms with E-state index >= 15 is 0 Å². The molecule has 0 amide bonds. The molecule has 4 heteroatoms. The molecular formula is C11H10F3O. The van der Waals surface area contributed by atoms with Crippen molar-refractivity contribution in [1.29, 1.82) is 0 Å². The minimum absolute atomic E-state index is 0.215. The van der Waals surface area contributed by atoms with Crippen LogP contribution in [0.5, 0.6) is 0 Å². The Balaban J connectivity index is 2.41. The van der Waals surface area contributed by atoms with E-state index in [1.54, 1.807) is 6.07 Å². The summed E-state index contributed by atoms with van der Waals surface area (Å²) in [5.74, 6) is 0.242. The summed E-state index contributed by atoms with van der Waals surface area (Å²) in [6.07, 6.45) is -2.47. The lowest BCUT2D eigenvalue weighted by molar-refractivity contribution is -0.137. The quantitative estimate of drug-likeness (QED) is 0.800. The zero-order chi connectivity index (χ0) is 11.1. The minimum atomic E-state index is -4.34. The second kappa shape index (κ2) is 3.52. The first-order valence-corrected chi connectivity index (χ1v) is 4.70. The molecule has 1 saturated carbocycles. The number of aliphatic hydroxyl groups is 1. The molecular weight excluding hydrogens is 205 g/mol. The van der Waals surface area contributed by atoms with Crippen molar-refractivity contribution >= 4 is 0 Å². The normalized spacial score (nSPS) is 16.8. The highest BCUT2D eigenvalue weighted by Gasteiger charge is 2.33. The molecule has 0 saturated heterocycles. The van der Waals surface area contributed by atoms with E-state index in [1.807, 2.05) is 0 Å². The van der Waals surface area contributed by atoms with E-state index in [0.717, 1.165) is 18.9 Å². The highest BCUT2D eigenvalue weighted by atomic mass is 19.4. The average molecular weight is 215 g/mol. The Labute approximate surface area is 85.5 Å². The van der Waals surface area contributed by atoms with Gasteiger partial charge in [0, 0.05) is 0 Å². The summed E-state index contributed by atoms with van der Waals surface area (Å²) in [4.78, 5) is 0. The molecule has 0 unspecified atom stereocenters. The monoisotopic (exact) mass is 215 g/mol. The lowest BCUT2D eigenvalue weighted by Crippen LogP contribution is -2.06. The topological polar surface area (TPSA) is 20.2 Å². The third-order valence-corrected chi connectivity index (χ3v) is 2.50. The SMILES string of the molecule is O[CH]c1cc(C2CC2)cc(C(F)(F)F)c1. The molecule has 2 rings (SSSR count). The Hall–Kier alpha value is -1.03. The molecule has 1 aliphatic carbocycles. The summed E-state index contributed by atoms with van der Waals surface area (Å²) in [7, 11) is 0. The van der Waals surface area contributed by atoms with Crippen LogP contribution < -0.4 is 0 Å². The Morgan fingerprint density at radius 3 is 2.33 bits per heavy atom. The van der Waals surface area contributed by atoms with Crippen molar-refractivity contribution in [2.24, 2.45) is 0 Å². The van der Waals surface area contributed by atoms with Gasteiger partial charge in [-0.05, 0) is 42.0 Å². The smallest absolute Gasteiger partial charge is 0.385 e. The maximum absolute atomic E-state index is 12.5. The van der Waals surface area contributed by atoms with Gasteiger partial charge in [-0.15, -0.1) is 0 Å². The summed E-state index contributed by atoms with van der Waals surface area (Å²) >= 11 is 0. The van der Waals surface area contributed by atoms with Crippen LogP contribution in [0.15, 0.2) is 18.2 Å². The first-order chi connectivity index (χ1) is 7.00. The molecule has 0 atom stereocenters. The number of rotatable bonds is 2. The van der Waals surface area contributed by atoms with E-state index in [0.29, 0.717) is 12.2 Å². The predicted molar refractivity (Wildman–Crippen MR) is 48.8 cm³/mol. The molecule has 1 fully saturated rings. The van der Waals surface area contributed by atoms with Crippen LogP contribution in [-0.4, -0.2) is 5.11 Å². The third kappa shape index (κ3) is 2.31. The summed E-state index contributed by atoms with van der Waals surface area (Å²) in [6, 6.07) is 3.73. The number of hydrogen-bond donors (Lipinski definition) is 1. The van der Waals surface area contributed by atoms with Gasteiger partial charge in [0.25, 0.3) is 0 Å². The first kappa shape index (κ1) is 10.5. The zero-order valence-corrected chi connectivity index (χ0v) is 7.88. The fourth-order valence-corrected chi connectivity index (χ4v) is 1.57. The van der Waals surface area contributed by atoms with Gasteiger partial charge in [0.05, 0.1) is 5.56 Å². The van der Waals surface area contributed by atoms with E-state index < -0.39 is 11.7 Å². The molecule has 81 valence electrons. The average Bonchev–Trinajstić information content (AvgIpc) is 2.99. The van der Waals surface area contributed by atoms with Gasteiger partial charge in [0.15, 0.2) is 0 Å². The molecule has 1 radical (unpaired) electrons. The summed E-state index contributed by atoms with van der Waals surface area (Å²) in [6.45, 7) is 0.709. The molecule has 1 aromatic rings. The van der Waals surface area contributed by atoms with Gasteiger partial charge in [0.2, 0.25) is 0 Å². The summed E-state index contributed by atoms with van der Waals surface area (Å²) in [5.41, 5.74) is 0.198. The van der Waals surface area contributed by atoms with E-state index in [4.69, 9.17) is 5.11 Å². The minimum Gasteiger partial charge on any atom is -0.385 e. The van der Waals surface area contributed by atoms with Crippen LogP contribution in [-0.2, 0) is 6.18 Å². The lowest BCUT2D eigenvalue weighted by atomic mass is 10.0. The number of hydrogen-bond acceptors (Lipinski definition) is 1. The Kier molecular flexibility index (Phi) is 2.46. The fraction of sp³-hybridized carbons (Fsp3) is 0.364. The molecule has 0 heterocycles. The van der Waals surface area contributed by atoms with Gasteiger partial charge in [0.1, 0.15) is 6.61 Å². The summed E-state index contributed by atoms with van der Waals surface area (Å²) in [5, 5.41) is 8.76. The van der Waals surface area contributed by atoms with Gasteiger partial charge < -0.3 is 5.11 Å². The van der Waals surface area contributed by atoms with E-state index in [9.17, 15) is 13.2 Å². The van der Waals surface area contributed by atoms with E-state index in [1.165, 1.54) is 6.07 Å². The zero-order valence-electron chi connectivity index (χ0n) is 7.88. The van der Waals surface area contributed by atoms with Gasteiger partial charge in [-0.2, -0.15) is 13.2 Å². The highest BCUT2D eigenvalue weighted by Crippen LogP contribution is 2.42. The number of aliphatic hydroxyl groups excluding tert-OH is 1. The van der Waals surface area contributed by atoms with Crippen molar-refractivity contribution in [2.45, 2.75) is 24.9 Å². The molecule has 0 aliphatic heterocycles. The predicted octanol–water partition coefficient (Wildman–Crippen LogP) is 3.47. The molecule has 1 aromatic carbocycles. The second-order valence-corrected chi connectivity index (χ2v) is 3.79. The number of alkyl halides is 3. The lowest BCUT2D eigenvalue weighted by Gasteiger charge is -2.10. The molecule has 1 aliphatic rings. The Morgan fingerprint density at radius 2 is 1.87 bits per heavy atom. The summed E-state index contributed by atoms with van der Waals surface area (Å²) < 4.78 is 37.4. The molecule has 1 nitrogen and oxygen atoms in total. The van der Waals surface area contributed by atoms with Crippen LogP contribution in [0.1, 0.15) is 35.4 Å². The van der Waals surface area contributed by atoms with Crippen LogP contribution in [0.25, 0.3) is 0 Å². The number of benzene rings is 1. The standard InChI is InChI=1S/C11H10F3O/c12-11(13,14)10-4-7(6-15)3-9(5-10)8-1-2-8/h3-6,8,15H,1-2H2. The maximum atomic E-state index is 12.5. The van der Waals surface area contributed by atoms with E-state index in [2.05, 4.69) is 0 Å². The van der Waals surface area contributed by atoms with Crippen molar-refractivity contribution in [3.63, 3.8) is 0 Å². The van der Waals surface area contributed by atoms with Crippen LogP contribution in [0.3, 0.4) is 0 Å². The van der Waals surface area contributed by atoms with Crippen molar-refractivity contribution < 1.29 is 18.3 Å². The van der Waals surface area contributed by atoms with Gasteiger partial charge in [-0.3, -0.25) is 0 Å². The molecule has 15 heavy (non-hydrogen) atoms. The Morgan fingerprint density at radius 1 is 1.20 bits per heavy atom. The fourth-order valence-electron chi connectivity index (χ4n) is 1.57. The van der Waals surface area contributed by atoms with Gasteiger partial charge >= 0.3 is 6.18 Å².